The van der Waals surface area contributed by atoms with E-state index < -0.39 is 56.3 Å². The number of nitrogens with one attached hydrogen (secondary N) is 1. The maximum absolute atomic E-state index is 15.6. The van der Waals surface area contributed by atoms with E-state index in [-0.39, 0.29) is 35.1 Å². The highest BCUT2D eigenvalue weighted by Crippen LogP contribution is 2.50. The Morgan fingerprint density at radius 1 is 1.14 bits per heavy atom. The lowest BCUT2D eigenvalue weighted by molar-refractivity contribution is -0.150. The van der Waals surface area contributed by atoms with Crippen molar-refractivity contribution in [3.8, 4) is 11.1 Å². The van der Waals surface area contributed by atoms with E-state index in [9.17, 15) is 27.1 Å². The third kappa shape index (κ3) is 4.59. The van der Waals surface area contributed by atoms with Gasteiger partial charge in [-0.2, -0.15) is 0 Å². The van der Waals surface area contributed by atoms with Crippen molar-refractivity contribution in [3.05, 3.63) is 59.4 Å². The van der Waals surface area contributed by atoms with E-state index in [1.807, 2.05) is 0 Å². The summed E-state index contributed by atoms with van der Waals surface area (Å²) in [5.41, 5.74) is -1.47. The summed E-state index contributed by atoms with van der Waals surface area (Å²) in [4.78, 5) is 14.6. The van der Waals surface area contributed by atoms with Crippen LogP contribution in [0.2, 0.25) is 0 Å². The molecular formula is C25H27F3N2O4S. The zero-order valence-electron chi connectivity index (χ0n) is 19.3. The summed E-state index contributed by atoms with van der Waals surface area (Å²) in [6.45, 7) is 2.73. The van der Waals surface area contributed by atoms with Crippen LogP contribution < -0.4 is 4.72 Å². The summed E-state index contributed by atoms with van der Waals surface area (Å²) >= 11 is 0. The Labute approximate surface area is 202 Å². The Bertz CT molecular complexity index is 1270. The van der Waals surface area contributed by atoms with E-state index in [0.29, 0.717) is 25.3 Å². The van der Waals surface area contributed by atoms with Gasteiger partial charge in [0, 0.05) is 23.7 Å². The van der Waals surface area contributed by atoms with Crippen LogP contribution in [-0.4, -0.2) is 53.3 Å². The van der Waals surface area contributed by atoms with Crippen LogP contribution in [0.4, 0.5) is 13.2 Å². The van der Waals surface area contributed by atoms with Gasteiger partial charge in [-0.25, -0.2) is 26.3 Å². The van der Waals surface area contributed by atoms with E-state index in [4.69, 9.17) is 0 Å². The van der Waals surface area contributed by atoms with E-state index in [0.717, 1.165) is 12.1 Å². The first-order valence-electron chi connectivity index (χ1n) is 11.7. The number of hydrogen-bond acceptors (Lipinski definition) is 4. The molecule has 2 aliphatic carbocycles. The molecule has 2 aromatic carbocycles. The highest BCUT2D eigenvalue weighted by molar-refractivity contribution is 7.90. The van der Waals surface area contributed by atoms with Gasteiger partial charge in [0.05, 0.1) is 11.3 Å². The van der Waals surface area contributed by atoms with Crippen LogP contribution in [0.25, 0.3) is 11.1 Å². The molecule has 0 unspecified atom stereocenters. The number of nitrogens with zero attached hydrogens (tertiary/aromatic N) is 1. The van der Waals surface area contributed by atoms with Gasteiger partial charge in [-0.3, -0.25) is 4.79 Å². The molecule has 188 valence electrons. The number of likely N-dealkylation sites (tertiary alicyclic amines) is 1. The fourth-order valence-electron chi connectivity index (χ4n) is 5.18. The van der Waals surface area contributed by atoms with Gasteiger partial charge >= 0.3 is 0 Å². The van der Waals surface area contributed by atoms with Crippen LogP contribution in [-0.2, 0) is 21.2 Å². The molecule has 3 fully saturated rings. The van der Waals surface area contributed by atoms with Crippen LogP contribution in [0.15, 0.2) is 36.4 Å². The van der Waals surface area contributed by atoms with E-state index in [2.05, 4.69) is 4.72 Å². The first-order valence-corrected chi connectivity index (χ1v) is 13.2. The minimum atomic E-state index is -3.58. The van der Waals surface area contributed by atoms with Crippen molar-refractivity contribution < 1.29 is 31.5 Å². The molecular weight excluding hydrogens is 481 g/mol. The third-order valence-electron chi connectivity index (χ3n) is 7.10. The highest BCUT2D eigenvalue weighted by atomic mass is 32.2. The summed E-state index contributed by atoms with van der Waals surface area (Å²) in [7, 11) is -3.58. The standard InChI is InChI=1S/C25H27F3N2O4S/c1-25(2,32)24(31)30-20-12-19(20)23(29-35(33,34)17-6-7-17)21(30)10-13-4-3-5-18(22(13)28)14-8-15(26)11-16(27)9-14/h3-5,8-9,11,17,19-21,23,29,32H,6-7,10,12H2,1-2H3/t19-,20+,21+,23+/m0/s1. The van der Waals surface area contributed by atoms with Gasteiger partial charge < -0.3 is 10.0 Å². The predicted octanol–water partition coefficient (Wildman–Crippen LogP) is 3.13. The third-order valence-corrected chi connectivity index (χ3v) is 9.05. The van der Waals surface area contributed by atoms with Crippen molar-refractivity contribution in [2.24, 2.45) is 5.92 Å². The van der Waals surface area contributed by atoms with Crippen molar-refractivity contribution in [2.75, 3.05) is 0 Å². The second-order valence-corrected chi connectivity index (χ2v) is 12.3. The molecule has 2 saturated carbocycles. The fourth-order valence-corrected chi connectivity index (χ4v) is 6.84. The fraction of sp³-hybridized carbons (Fsp3) is 0.480. The van der Waals surface area contributed by atoms with Gasteiger partial charge in [-0.05, 0) is 68.7 Å². The number of piperidine rings is 1. The van der Waals surface area contributed by atoms with Gasteiger partial charge in [0.15, 0.2) is 0 Å². The number of halogens is 3. The molecule has 0 spiro atoms. The molecule has 10 heteroatoms. The molecule has 2 N–H and O–H groups in total. The molecule has 2 aromatic rings. The number of sulfonamides is 1. The Morgan fingerprint density at radius 2 is 1.80 bits per heavy atom. The molecule has 0 radical (unpaired) electrons. The molecule has 35 heavy (non-hydrogen) atoms. The maximum Gasteiger partial charge on any atom is 0.254 e. The molecule has 1 aliphatic heterocycles. The van der Waals surface area contributed by atoms with Crippen molar-refractivity contribution >= 4 is 15.9 Å². The predicted molar refractivity (Wildman–Crippen MR) is 123 cm³/mol. The van der Waals surface area contributed by atoms with E-state index >= 15 is 4.39 Å². The monoisotopic (exact) mass is 508 g/mol. The van der Waals surface area contributed by atoms with Crippen LogP contribution in [0, 0.1) is 23.4 Å². The van der Waals surface area contributed by atoms with Crippen LogP contribution in [0.5, 0.6) is 0 Å². The molecule has 0 aromatic heterocycles. The molecule has 6 nitrogen and oxygen atoms in total. The zero-order chi connectivity index (χ0) is 25.3. The van der Waals surface area contributed by atoms with Crippen LogP contribution in [0.1, 0.15) is 38.7 Å². The summed E-state index contributed by atoms with van der Waals surface area (Å²) < 4.78 is 71.4. The Morgan fingerprint density at radius 3 is 2.40 bits per heavy atom. The van der Waals surface area contributed by atoms with Crippen molar-refractivity contribution in [3.63, 3.8) is 0 Å². The lowest BCUT2D eigenvalue weighted by atomic mass is 9.94. The Kier molecular flexibility index (Phi) is 5.77. The van der Waals surface area contributed by atoms with Gasteiger partial charge in [-0.1, -0.05) is 18.2 Å². The largest absolute Gasteiger partial charge is 0.381 e. The van der Waals surface area contributed by atoms with Crippen LogP contribution in [0.3, 0.4) is 0 Å². The smallest absolute Gasteiger partial charge is 0.254 e. The average molecular weight is 509 g/mol. The summed E-state index contributed by atoms with van der Waals surface area (Å²) in [5, 5.41) is 9.95. The van der Waals surface area contributed by atoms with Crippen molar-refractivity contribution in [1.82, 2.24) is 9.62 Å². The zero-order valence-corrected chi connectivity index (χ0v) is 20.2. The molecule has 5 rings (SSSR count). The number of carbonyl (C=O) groups excluding carboxylic acids is 1. The van der Waals surface area contributed by atoms with Crippen molar-refractivity contribution in [1.29, 1.82) is 0 Å². The van der Waals surface area contributed by atoms with Gasteiger partial charge in [0.1, 0.15) is 23.1 Å². The lowest BCUT2D eigenvalue weighted by Crippen LogP contribution is -2.55. The Balaban J connectivity index is 1.51. The number of carbonyl (C=O) groups is 1. The topological polar surface area (TPSA) is 86.7 Å². The average Bonchev–Trinajstić information content (AvgIpc) is 3.65. The first kappa shape index (κ1) is 24.3. The number of aliphatic hydroxyl groups is 1. The minimum absolute atomic E-state index is 0.000433. The van der Waals surface area contributed by atoms with E-state index in [1.165, 1.54) is 30.9 Å². The summed E-state index contributed by atoms with van der Waals surface area (Å²) in [5.74, 6) is -3.04. The normalized spacial score (nSPS) is 26.1. The number of rotatable bonds is 7. The molecule has 0 bridgehead atoms. The van der Waals surface area contributed by atoms with E-state index in [1.54, 1.807) is 6.07 Å². The minimum Gasteiger partial charge on any atom is -0.381 e. The number of hydrogen-bond donors (Lipinski definition) is 2. The van der Waals surface area contributed by atoms with Gasteiger partial charge in [-0.15, -0.1) is 0 Å². The number of amides is 1. The summed E-state index contributed by atoms with van der Waals surface area (Å²) in [6, 6.07) is 5.66. The van der Waals surface area contributed by atoms with Gasteiger partial charge in [0.2, 0.25) is 10.0 Å². The first-order chi connectivity index (χ1) is 16.4. The molecule has 4 atom stereocenters. The maximum atomic E-state index is 15.6. The van der Waals surface area contributed by atoms with Crippen LogP contribution >= 0.6 is 0 Å². The number of benzene rings is 2. The lowest BCUT2D eigenvalue weighted by Gasteiger charge is -2.35. The molecule has 1 heterocycles. The quantitative estimate of drug-likeness (QED) is 0.602. The molecule has 1 saturated heterocycles. The number of fused-ring (bicyclic) bond motifs is 1. The SMILES string of the molecule is CC(C)(O)C(=O)N1[C@@H]2C[C@@H]2[C@@H](NS(=O)(=O)C2CC2)[C@H]1Cc1cccc(-c2cc(F)cc(F)c2)c1F. The van der Waals surface area contributed by atoms with Gasteiger partial charge in [0.25, 0.3) is 5.91 Å². The second kappa shape index (κ2) is 8.31. The highest BCUT2D eigenvalue weighted by Gasteiger charge is 2.62. The second-order valence-electron chi connectivity index (χ2n) is 10.3. The van der Waals surface area contributed by atoms with Crippen molar-refractivity contribution in [2.45, 2.75) is 68.5 Å². The molecule has 1 amide bonds. The molecule has 3 aliphatic rings. The summed E-state index contributed by atoms with van der Waals surface area (Å²) in [6.07, 6.45) is 1.73. The Hall–Kier alpha value is -2.43.